The number of carbonyl (C=O) groups is 1. The molecule has 17 heavy (non-hydrogen) atoms. The highest BCUT2D eigenvalue weighted by Gasteiger charge is 2.57. The van der Waals surface area contributed by atoms with Crippen LogP contribution in [0.5, 0.6) is 0 Å². The van der Waals surface area contributed by atoms with Crippen LogP contribution in [0.2, 0.25) is 0 Å². The first-order chi connectivity index (χ1) is 7.85. The number of alkyl carbamates (subject to hydrolysis) is 1. The van der Waals surface area contributed by atoms with E-state index in [-0.39, 0.29) is 17.6 Å². The molecule has 0 saturated heterocycles. The van der Waals surface area contributed by atoms with Gasteiger partial charge in [-0.1, -0.05) is 0 Å². The van der Waals surface area contributed by atoms with Crippen LogP contribution in [0.15, 0.2) is 0 Å². The molecule has 1 amide bonds. The minimum Gasteiger partial charge on any atom is -0.444 e. The lowest BCUT2D eigenvalue weighted by Crippen LogP contribution is -2.41. The lowest BCUT2D eigenvalue weighted by molar-refractivity contribution is 0.0489. The van der Waals surface area contributed by atoms with Crippen molar-refractivity contribution in [2.24, 2.45) is 11.3 Å². The maximum atomic E-state index is 11.6. The third-order valence-electron chi connectivity index (χ3n) is 3.68. The second-order valence-electron chi connectivity index (χ2n) is 6.29. The Labute approximate surface area is 102 Å². The van der Waals surface area contributed by atoms with Gasteiger partial charge in [0.2, 0.25) is 0 Å². The fourth-order valence-electron chi connectivity index (χ4n) is 2.69. The molecule has 1 N–H and O–H groups in total. The Morgan fingerprint density at radius 3 is 2.76 bits per heavy atom. The van der Waals surface area contributed by atoms with Gasteiger partial charge in [-0.25, -0.2) is 4.79 Å². The van der Waals surface area contributed by atoms with Gasteiger partial charge in [-0.2, -0.15) is 5.26 Å². The molecule has 4 heteroatoms. The Morgan fingerprint density at radius 2 is 2.24 bits per heavy atom. The normalized spacial score (nSPS) is 35.4. The molecule has 3 unspecified atom stereocenters. The van der Waals surface area contributed by atoms with Crippen LogP contribution in [0, 0.1) is 22.7 Å². The molecular weight excluding hydrogens is 216 g/mol. The van der Waals surface area contributed by atoms with Crippen molar-refractivity contribution in [2.45, 2.75) is 58.1 Å². The van der Waals surface area contributed by atoms with E-state index >= 15 is 0 Å². The van der Waals surface area contributed by atoms with E-state index in [4.69, 9.17) is 10.00 Å². The molecule has 0 aliphatic heterocycles. The highest BCUT2D eigenvalue weighted by molar-refractivity contribution is 5.68. The number of hydrogen-bond acceptors (Lipinski definition) is 3. The molecule has 0 radical (unpaired) electrons. The number of nitrogens with zero attached hydrogens (tertiary/aromatic N) is 1. The maximum Gasteiger partial charge on any atom is 0.407 e. The van der Waals surface area contributed by atoms with Crippen molar-refractivity contribution in [3.05, 3.63) is 0 Å². The lowest BCUT2D eigenvalue weighted by Gasteiger charge is -2.27. The van der Waals surface area contributed by atoms with Crippen molar-refractivity contribution < 1.29 is 9.53 Å². The van der Waals surface area contributed by atoms with Crippen molar-refractivity contribution in [3.63, 3.8) is 0 Å². The SMILES string of the molecule is CC(C)(C)OC(=O)NC1CCC2(C#N)CC2C1. The minimum absolute atomic E-state index is 0.0495. The predicted octanol–water partition coefficient (Wildman–Crippen LogP) is 2.59. The average molecular weight is 236 g/mol. The molecule has 0 aromatic heterocycles. The summed E-state index contributed by atoms with van der Waals surface area (Å²) < 4.78 is 5.23. The summed E-state index contributed by atoms with van der Waals surface area (Å²) in [5.74, 6) is 0.487. The van der Waals surface area contributed by atoms with Crippen LogP contribution in [0.25, 0.3) is 0 Å². The monoisotopic (exact) mass is 236 g/mol. The summed E-state index contributed by atoms with van der Waals surface area (Å²) in [6.45, 7) is 5.57. The molecule has 94 valence electrons. The standard InChI is InChI=1S/C13H20N2O2/c1-12(2,3)17-11(16)15-10-4-5-13(8-14)7-9(13)6-10/h9-10H,4-7H2,1-3H3,(H,15,16). The van der Waals surface area contributed by atoms with Crippen LogP contribution in [0.4, 0.5) is 4.79 Å². The quantitative estimate of drug-likeness (QED) is 0.761. The van der Waals surface area contributed by atoms with E-state index in [9.17, 15) is 4.79 Å². The second kappa shape index (κ2) is 3.90. The number of ether oxygens (including phenoxy) is 1. The van der Waals surface area contributed by atoms with Crippen LogP contribution in [0.3, 0.4) is 0 Å². The molecule has 0 spiro atoms. The largest absolute Gasteiger partial charge is 0.444 e. The molecule has 0 aromatic carbocycles. The third kappa shape index (κ3) is 2.71. The average Bonchev–Trinajstić information content (AvgIpc) is 2.89. The number of amides is 1. The zero-order chi connectivity index (χ0) is 12.7. The lowest BCUT2D eigenvalue weighted by atomic mass is 9.87. The van der Waals surface area contributed by atoms with Gasteiger partial charge in [-0.05, 0) is 52.4 Å². The van der Waals surface area contributed by atoms with E-state index in [0.717, 1.165) is 25.7 Å². The van der Waals surface area contributed by atoms with Gasteiger partial charge >= 0.3 is 6.09 Å². The molecule has 0 heterocycles. The number of fused-ring (bicyclic) bond motifs is 1. The first-order valence-electron chi connectivity index (χ1n) is 6.25. The number of nitrogens with one attached hydrogen (secondary N) is 1. The van der Waals surface area contributed by atoms with Crippen molar-refractivity contribution in [2.75, 3.05) is 0 Å². The summed E-state index contributed by atoms with van der Waals surface area (Å²) >= 11 is 0. The first-order valence-corrected chi connectivity index (χ1v) is 6.25. The third-order valence-corrected chi connectivity index (χ3v) is 3.68. The van der Waals surface area contributed by atoms with Crippen LogP contribution >= 0.6 is 0 Å². The topological polar surface area (TPSA) is 62.1 Å². The summed E-state index contributed by atoms with van der Waals surface area (Å²) in [6, 6.07) is 2.60. The van der Waals surface area contributed by atoms with E-state index in [1.807, 2.05) is 20.8 Å². The van der Waals surface area contributed by atoms with Crippen LogP contribution in [-0.4, -0.2) is 17.7 Å². The Morgan fingerprint density at radius 1 is 1.53 bits per heavy atom. The van der Waals surface area contributed by atoms with Gasteiger partial charge < -0.3 is 10.1 Å². The van der Waals surface area contributed by atoms with Gasteiger partial charge in [-0.15, -0.1) is 0 Å². The smallest absolute Gasteiger partial charge is 0.407 e. The van der Waals surface area contributed by atoms with Crippen LogP contribution < -0.4 is 5.32 Å². The molecule has 0 bridgehead atoms. The Bertz CT molecular complexity index is 367. The maximum absolute atomic E-state index is 11.6. The molecule has 2 saturated carbocycles. The number of hydrogen-bond donors (Lipinski definition) is 1. The van der Waals surface area contributed by atoms with E-state index < -0.39 is 5.60 Å². The molecule has 4 nitrogen and oxygen atoms in total. The second-order valence-corrected chi connectivity index (χ2v) is 6.29. The van der Waals surface area contributed by atoms with E-state index in [1.165, 1.54) is 0 Å². The Balaban J connectivity index is 1.79. The van der Waals surface area contributed by atoms with Crippen molar-refractivity contribution in [3.8, 4) is 6.07 Å². The minimum atomic E-state index is -0.450. The van der Waals surface area contributed by atoms with Crippen LogP contribution in [0.1, 0.15) is 46.5 Å². The zero-order valence-electron chi connectivity index (χ0n) is 10.7. The number of carbonyl (C=O) groups excluding carboxylic acids is 1. The summed E-state index contributed by atoms with van der Waals surface area (Å²) in [5.41, 5.74) is -0.499. The van der Waals surface area contributed by atoms with Gasteiger partial charge in [0.25, 0.3) is 0 Å². The molecule has 2 aliphatic carbocycles. The molecule has 2 rings (SSSR count). The van der Waals surface area contributed by atoms with Gasteiger partial charge in [0.15, 0.2) is 0 Å². The zero-order valence-corrected chi connectivity index (χ0v) is 10.7. The predicted molar refractivity (Wildman–Crippen MR) is 63.2 cm³/mol. The molecule has 3 atom stereocenters. The van der Waals surface area contributed by atoms with Crippen LogP contribution in [-0.2, 0) is 4.74 Å². The van der Waals surface area contributed by atoms with Gasteiger partial charge in [0.05, 0.1) is 11.5 Å². The van der Waals surface area contributed by atoms with Crippen molar-refractivity contribution >= 4 is 6.09 Å². The highest BCUT2D eigenvalue weighted by atomic mass is 16.6. The van der Waals surface area contributed by atoms with Gasteiger partial charge in [-0.3, -0.25) is 0 Å². The molecule has 2 aliphatic rings. The van der Waals surface area contributed by atoms with Gasteiger partial charge in [0, 0.05) is 6.04 Å². The van der Waals surface area contributed by atoms with E-state index in [0.29, 0.717) is 5.92 Å². The van der Waals surface area contributed by atoms with Gasteiger partial charge in [0.1, 0.15) is 5.60 Å². The Kier molecular flexibility index (Phi) is 2.81. The fraction of sp³-hybridized carbons (Fsp3) is 0.846. The first kappa shape index (κ1) is 12.2. The Hall–Kier alpha value is -1.24. The van der Waals surface area contributed by atoms with E-state index in [2.05, 4.69) is 11.4 Å². The summed E-state index contributed by atoms with van der Waals surface area (Å²) in [5, 5.41) is 12.0. The molecule has 2 fully saturated rings. The molecule has 0 aromatic rings. The summed E-state index contributed by atoms with van der Waals surface area (Å²) in [7, 11) is 0. The summed E-state index contributed by atoms with van der Waals surface area (Å²) in [4.78, 5) is 11.6. The summed E-state index contributed by atoms with van der Waals surface area (Å²) in [6.07, 6.45) is 3.40. The van der Waals surface area contributed by atoms with E-state index in [1.54, 1.807) is 0 Å². The highest BCUT2D eigenvalue weighted by Crippen LogP contribution is 2.60. The molecular formula is C13H20N2O2. The number of rotatable bonds is 1. The van der Waals surface area contributed by atoms with Crippen molar-refractivity contribution in [1.29, 1.82) is 5.26 Å². The fourth-order valence-corrected chi connectivity index (χ4v) is 2.69. The van der Waals surface area contributed by atoms with Crippen molar-refractivity contribution in [1.82, 2.24) is 5.32 Å². The number of nitriles is 1.